The van der Waals surface area contributed by atoms with E-state index in [0.29, 0.717) is 18.5 Å². The van der Waals surface area contributed by atoms with E-state index in [4.69, 9.17) is 11.6 Å². The highest BCUT2D eigenvalue weighted by Crippen LogP contribution is 2.23. The van der Waals surface area contributed by atoms with E-state index < -0.39 is 9.84 Å². The van der Waals surface area contributed by atoms with Gasteiger partial charge in [0, 0.05) is 12.1 Å². The van der Waals surface area contributed by atoms with E-state index in [2.05, 4.69) is 5.32 Å². The monoisotopic (exact) mass is 303 g/mol. The van der Waals surface area contributed by atoms with Gasteiger partial charge in [0.1, 0.15) is 5.75 Å². The maximum atomic E-state index is 11.8. The molecule has 19 heavy (non-hydrogen) atoms. The Hall–Kier alpha value is -1.27. The Balaban J connectivity index is 1.93. The van der Waals surface area contributed by atoms with Gasteiger partial charge in [0.15, 0.2) is 9.84 Å². The maximum Gasteiger partial charge on any atom is 0.251 e. The molecule has 1 aliphatic rings. The average Bonchev–Trinajstić information content (AvgIpc) is 2.69. The molecule has 0 aliphatic carbocycles. The van der Waals surface area contributed by atoms with Gasteiger partial charge in [-0.15, -0.1) is 0 Å². The molecule has 1 saturated heterocycles. The predicted molar refractivity (Wildman–Crippen MR) is 72.2 cm³/mol. The minimum Gasteiger partial charge on any atom is -0.506 e. The number of carbonyl (C=O) groups excluding carboxylic acids is 1. The summed E-state index contributed by atoms with van der Waals surface area (Å²) in [4.78, 5) is 11.8. The molecular formula is C12H14ClNO4S. The van der Waals surface area contributed by atoms with Crippen LogP contribution in [0, 0.1) is 5.92 Å². The van der Waals surface area contributed by atoms with Gasteiger partial charge < -0.3 is 10.4 Å². The van der Waals surface area contributed by atoms with Crippen molar-refractivity contribution >= 4 is 27.3 Å². The lowest BCUT2D eigenvalue weighted by Gasteiger charge is -2.10. The highest BCUT2D eigenvalue weighted by atomic mass is 35.5. The summed E-state index contributed by atoms with van der Waals surface area (Å²) in [5, 5.41) is 12.0. The molecule has 1 fully saturated rings. The molecule has 5 nitrogen and oxygen atoms in total. The van der Waals surface area contributed by atoms with Crippen LogP contribution < -0.4 is 5.32 Å². The van der Waals surface area contributed by atoms with E-state index in [9.17, 15) is 18.3 Å². The number of aromatic hydroxyl groups is 1. The van der Waals surface area contributed by atoms with Crippen molar-refractivity contribution in [2.75, 3.05) is 18.1 Å². The van der Waals surface area contributed by atoms with Gasteiger partial charge in [0.05, 0.1) is 16.5 Å². The molecule has 0 spiro atoms. The zero-order valence-corrected chi connectivity index (χ0v) is 11.7. The van der Waals surface area contributed by atoms with Crippen molar-refractivity contribution in [1.29, 1.82) is 0 Å². The van der Waals surface area contributed by atoms with Crippen LogP contribution in [-0.4, -0.2) is 37.5 Å². The van der Waals surface area contributed by atoms with Crippen molar-refractivity contribution in [3.63, 3.8) is 0 Å². The van der Waals surface area contributed by atoms with Crippen LogP contribution in [-0.2, 0) is 9.84 Å². The van der Waals surface area contributed by atoms with Crippen molar-refractivity contribution < 1.29 is 18.3 Å². The number of carbonyl (C=O) groups is 1. The first-order chi connectivity index (χ1) is 8.87. The van der Waals surface area contributed by atoms with Crippen LogP contribution in [0.25, 0.3) is 0 Å². The number of sulfone groups is 1. The number of benzene rings is 1. The minimum absolute atomic E-state index is 0.0264. The molecule has 0 aromatic heterocycles. The van der Waals surface area contributed by atoms with Crippen molar-refractivity contribution in [1.82, 2.24) is 5.32 Å². The lowest BCUT2D eigenvalue weighted by atomic mass is 10.1. The van der Waals surface area contributed by atoms with Crippen LogP contribution in [0.15, 0.2) is 18.2 Å². The van der Waals surface area contributed by atoms with Crippen molar-refractivity contribution in [3.8, 4) is 5.75 Å². The number of phenolic OH excluding ortho intramolecular Hbond substituents is 1. The first kappa shape index (κ1) is 14.1. The fourth-order valence-electron chi connectivity index (χ4n) is 2.02. The first-order valence-corrected chi connectivity index (χ1v) is 8.04. The lowest BCUT2D eigenvalue weighted by Crippen LogP contribution is -2.29. The SMILES string of the molecule is O=C(NCC1CCS(=O)(=O)C1)c1ccc(O)c(Cl)c1. The molecule has 104 valence electrons. The number of amides is 1. The molecule has 0 saturated carbocycles. The molecule has 7 heteroatoms. The first-order valence-electron chi connectivity index (χ1n) is 5.84. The normalized spacial score (nSPS) is 21.2. The van der Waals surface area contributed by atoms with E-state index in [-0.39, 0.29) is 34.1 Å². The number of nitrogens with one attached hydrogen (secondary N) is 1. The van der Waals surface area contributed by atoms with Crippen LogP contribution in [0.3, 0.4) is 0 Å². The molecule has 1 aromatic rings. The fraction of sp³-hybridized carbons (Fsp3) is 0.417. The molecule has 1 aliphatic heterocycles. The minimum atomic E-state index is -2.93. The second-order valence-corrected chi connectivity index (χ2v) is 7.28. The van der Waals surface area contributed by atoms with Gasteiger partial charge in [0.25, 0.3) is 5.91 Å². The summed E-state index contributed by atoms with van der Waals surface area (Å²) < 4.78 is 22.6. The molecule has 0 radical (unpaired) electrons. The largest absolute Gasteiger partial charge is 0.506 e. The molecule has 1 heterocycles. The highest BCUT2D eigenvalue weighted by Gasteiger charge is 2.27. The van der Waals surface area contributed by atoms with E-state index >= 15 is 0 Å². The lowest BCUT2D eigenvalue weighted by molar-refractivity contribution is 0.0948. The van der Waals surface area contributed by atoms with Gasteiger partial charge in [-0.25, -0.2) is 8.42 Å². The average molecular weight is 304 g/mol. The third-order valence-corrected chi connectivity index (χ3v) is 5.23. The number of hydrogen-bond donors (Lipinski definition) is 2. The van der Waals surface area contributed by atoms with E-state index in [1.54, 1.807) is 0 Å². The maximum absolute atomic E-state index is 11.8. The van der Waals surface area contributed by atoms with Crippen molar-refractivity contribution in [3.05, 3.63) is 28.8 Å². The Morgan fingerprint density at radius 2 is 2.21 bits per heavy atom. The summed E-state index contributed by atoms with van der Waals surface area (Å²) in [6.45, 7) is 0.330. The summed E-state index contributed by atoms with van der Waals surface area (Å²) in [6.07, 6.45) is 0.582. The molecule has 1 unspecified atom stereocenters. The van der Waals surface area contributed by atoms with Gasteiger partial charge in [-0.1, -0.05) is 11.6 Å². The summed E-state index contributed by atoms with van der Waals surface area (Å²) >= 11 is 5.71. The fourth-order valence-corrected chi connectivity index (χ4v) is 4.06. The molecule has 1 amide bonds. The number of phenols is 1. The summed E-state index contributed by atoms with van der Waals surface area (Å²) in [7, 11) is -2.93. The van der Waals surface area contributed by atoms with E-state index in [1.807, 2.05) is 0 Å². The Bertz CT molecular complexity index is 600. The second kappa shape index (κ2) is 5.38. The van der Waals surface area contributed by atoms with Gasteiger partial charge >= 0.3 is 0 Å². The molecule has 1 atom stereocenters. The van der Waals surface area contributed by atoms with E-state index in [0.717, 1.165) is 0 Å². The van der Waals surface area contributed by atoms with Gasteiger partial charge in [0.2, 0.25) is 0 Å². The summed E-state index contributed by atoms with van der Waals surface area (Å²) in [5.74, 6) is -0.116. The molecule has 2 rings (SSSR count). The number of hydrogen-bond acceptors (Lipinski definition) is 4. The van der Waals surface area contributed by atoms with Crippen LogP contribution in [0.5, 0.6) is 5.75 Å². The van der Waals surface area contributed by atoms with Crippen molar-refractivity contribution in [2.24, 2.45) is 5.92 Å². The van der Waals surface area contributed by atoms with Crippen LogP contribution >= 0.6 is 11.6 Å². The standard InChI is InChI=1S/C12H14ClNO4S/c13-10-5-9(1-2-11(10)15)12(16)14-6-8-3-4-19(17,18)7-8/h1-2,5,8,15H,3-4,6-7H2,(H,14,16). The third kappa shape index (κ3) is 3.61. The molecule has 2 N–H and O–H groups in total. The van der Waals surface area contributed by atoms with Gasteiger partial charge in [-0.3, -0.25) is 4.79 Å². The molecule has 0 bridgehead atoms. The molecule has 1 aromatic carbocycles. The third-order valence-electron chi connectivity index (χ3n) is 3.09. The molecular weight excluding hydrogens is 290 g/mol. The van der Waals surface area contributed by atoms with Crippen LogP contribution in [0.2, 0.25) is 5.02 Å². The topological polar surface area (TPSA) is 83.5 Å². The van der Waals surface area contributed by atoms with Crippen LogP contribution in [0.1, 0.15) is 16.8 Å². The summed E-state index contributed by atoms with van der Waals surface area (Å²) in [5.41, 5.74) is 0.337. The highest BCUT2D eigenvalue weighted by molar-refractivity contribution is 7.91. The summed E-state index contributed by atoms with van der Waals surface area (Å²) in [6, 6.07) is 4.18. The second-order valence-electron chi connectivity index (χ2n) is 4.65. The van der Waals surface area contributed by atoms with E-state index in [1.165, 1.54) is 18.2 Å². The Kier molecular flexibility index (Phi) is 4.01. The van der Waals surface area contributed by atoms with Gasteiger partial charge in [-0.05, 0) is 30.5 Å². The number of rotatable bonds is 3. The Morgan fingerprint density at radius 3 is 2.79 bits per heavy atom. The Morgan fingerprint density at radius 1 is 1.47 bits per heavy atom. The van der Waals surface area contributed by atoms with Crippen molar-refractivity contribution in [2.45, 2.75) is 6.42 Å². The van der Waals surface area contributed by atoms with Crippen LogP contribution in [0.4, 0.5) is 0 Å². The zero-order valence-electron chi connectivity index (χ0n) is 10.1. The smallest absolute Gasteiger partial charge is 0.251 e. The quantitative estimate of drug-likeness (QED) is 0.879. The number of halogens is 1. The van der Waals surface area contributed by atoms with Gasteiger partial charge in [-0.2, -0.15) is 0 Å². The predicted octanol–water partition coefficient (Wildman–Crippen LogP) is 1.21. The Labute approximate surface area is 116 Å². The zero-order chi connectivity index (χ0) is 14.0.